The van der Waals surface area contributed by atoms with Crippen molar-refractivity contribution in [2.24, 2.45) is 0 Å². The number of esters is 1. The predicted octanol–water partition coefficient (Wildman–Crippen LogP) is 8.38. The van der Waals surface area contributed by atoms with E-state index in [1.165, 1.54) is 30.5 Å². The maximum Gasteiger partial charge on any atom is 0.436 e. The molecule has 0 aliphatic carbocycles. The molecule has 51 heavy (non-hydrogen) atoms. The number of carbonyl (C=O) groups is 1. The number of hydrogen-bond donors (Lipinski definition) is 0. The molecule has 0 aliphatic rings. The number of halogens is 7. The molecule has 4 aromatic heterocycles. The van der Waals surface area contributed by atoms with Gasteiger partial charge >= 0.3 is 18.7 Å². The van der Waals surface area contributed by atoms with Crippen molar-refractivity contribution in [3.8, 4) is 27.9 Å². The highest BCUT2D eigenvalue weighted by Gasteiger charge is 2.35. The van der Waals surface area contributed by atoms with Crippen LogP contribution in [0.2, 0.25) is 5.02 Å². The highest BCUT2D eigenvalue weighted by Crippen LogP contribution is 2.35. The van der Waals surface area contributed by atoms with Crippen molar-refractivity contribution < 1.29 is 35.9 Å². The molecule has 0 amide bonds. The van der Waals surface area contributed by atoms with Crippen molar-refractivity contribution >= 4 is 17.6 Å². The normalized spacial score (nSPS) is 12.8. The monoisotopic (exact) mass is 728 g/mol. The van der Waals surface area contributed by atoms with Crippen molar-refractivity contribution in [3.05, 3.63) is 119 Å². The van der Waals surface area contributed by atoms with Gasteiger partial charge in [-0.25, -0.2) is 18.5 Å². The number of carbonyl (C=O) groups excluding carboxylic acids is 1. The van der Waals surface area contributed by atoms with Gasteiger partial charge in [0.2, 0.25) is 0 Å². The number of hydrogen-bond acceptors (Lipinski definition) is 7. The molecule has 0 saturated carbocycles. The predicted molar refractivity (Wildman–Crippen MR) is 173 cm³/mol. The summed E-state index contributed by atoms with van der Waals surface area (Å²) in [6.07, 6.45) is 1.67. The first-order chi connectivity index (χ1) is 24.1. The Morgan fingerprint density at radius 1 is 0.902 bits per heavy atom. The van der Waals surface area contributed by atoms with Crippen molar-refractivity contribution in [2.75, 3.05) is 0 Å². The minimum Gasteiger partial charge on any atom is -0.456 e. The lowest BCUT2D eigenvalue weighted by molar-refractivity contribution is -0.141. The van der Waals surface area contributed by atoms with E-state index in [1.54, 1.807) is 68.2 Å². The Morgan fingerprint density at radius 3 is 2.24 bits per heavy atom. The van der Waals surface area contributed by atoms with E-state index in [0.29, 0.717) is 33.4 Å². The Morgan fingerprint density at radius 2 is 1.63 bits per heavy atom. The summed E-state index contributed by atoms with van der Waals surface area (Å²) in [6, 6.07) is 13.0. The first kappa shape index (κ1) is 35.3. The highest BCUT2D eigenvalue weighted by molar-refractivity contribution is 6.31. The fraction of sp³-hybridized carbons (Fsp3) is 0.235. The number of rotatable bonds is 9. The molecule has 6 rings (SSSR count). The van der Waals surface area contributed by atoms with Crippen molar-refractivity contribution in [2.45, 2.75) is 51.6 Å². The topological polar surface area (TPSA) is 106 Å². The van der Waals surface area contributed by atoms with Crippen LogP contribution < -0.4 is 0 Å². The first-order valence-corrected chi connectivity index (χ1v) is 15.6. The zero-order valence-electron chi connectivity index (χ0n) is 27.0. The molecule has 2 aromatic carbocycles. The van der Waals surface area contributed by atoms with Gasteiger partial charge in [0.15, 0.2) is 11.5 Å². The van der Waals surface area contributed by atoms with Gasteiger partial charge in [-0.1, -0.05) is 35.0 Å². The van der Waals surface area contributed by atoms with Gasteiger partial charge in [0.1, 0.15) is 5.60 Å². The number of alkyl halides is 5. The van der Waals surface area contributed by atoms with Crippen LogP contribution in [-0.4, -0.2) is 51.1 Å². The van der Waals surface area contributed by atoms with Gasteiger partial charge in [-0.15, -0.1) is 5.10 Å². The van der Waals surface area contributed by atoms with Crippen LogP contribution in [0.1, 0.15) is 60.8 Å². The van der Waals surface area contributed by atoms with Crippen molar-refractivity contribution in [1.82, 2.24) is 39.5 Å². The van der Waals surface area contributed by atoms with Gasteiger partial charge < -0.3 is 4.74 Å². The Hall–Kier alpha value is -5.51. The quantitative estimate of drug-likeness (QED) is 0.109. The summed E-state index contributed by atoms with van der Waals surface area (Å²) >= 11 is 6.06. The molecule has 0 spiro atoms. The smallest absolute Gasteiger partial charge is 0.436 e. The lowest BCUT2D eigenvalue weighted by Crippen LogP contribution is -2.23. The van der Waals surface area contributed by atoms with Crippen molar-refractivity contribution in [1.29, 1.82) is 0 Å². The summed E-state index contributed by atoms with van der Waals surface area (Å²) in [4.78, 5) is 17.0. The summed E-state index contributed by atoms with van der Waals surface area (Å²) in [6.45, 7) is 2.46. The molecule has 0 N–H and O–H groups in total. The molecule has 1 atom stereocenters. The average Bonchev–Trinajstić information content (AvgIpc) is 3.86. The molecule has 0 saturated heterocycles. The summed E-state index contributed by atoms with van der Waals surface area (Å²) in [5.41, 5.74) is 0.418. The van der Waals surface area contributed by atoms with Crippen LogP contribution in [0.5, 0.6) is 0 Å². The number of nitrogens with zero attached hydrogens (tertiary/aromatic N) is 8. The average molecular weight is 729 g/mol. The standard InChI is InChI=1S/C34H27ClF6N8O2/c1-33(2,3)51-31(50)20-6-4-19(5-7-20)22-16-43-48(17-22)27(14-23-12-13-47(45-23)32(37)38)25-10-8-21(15-42-25)29-26(11-9-24(35)30(29)36)49-18-28(44-46-49)34(39,40)41/h4-13,15-18,27,32H,14H2,1-3H3. The Balaban J connectivity index is 1.34. The van der Waals surface area contributed by atoms with E-state index < -0.39 is 41.8 Å². The molecular formula is C34H27ClF6N8O2. The summed E-state index contributed by atoms with van der Waals surface area (Å²) < 4.78 is 90.2. The molecule has 10 nitrogen and oxygen atoms in total. The van der Waals surface area contributed by atoms with Crippen molar-refractivity contribution in [3.63, 3.8) is 0 Å². The maximum absolute atomic E-state index is 15.5. The van der Waals surface area contributed by atoms with Crippen LogP contribution in [-0.2, 0) is 17.3 Å². The fourth-order valence-electron chi connectivity index (χ4n) is 5.19. The van der Waals surface area contributed by atoms with E-state index in [2.05, 4.69) is 25.5 Å². The molecule has 1 unspecified atom stereocenters. The Labute approximate surface area is 291 Å². The number of aromatic nitrogens is 8. The van der Waals surface area contributed by atoms with E-state index in [0.717, 1.165) is 16.4 Å². The van der Waals surface area contributed by atoms with Crippen LogP contribution in [0.3, 0.4) is 0 Å². The van der Waals surface area contributed by atoms with Gasteiger partial charge in [-0.2, -0.15) is 32.1 Å². The molecule has 0 aliphatic heterocycles. The van der Waals surface area contributed by atoms with E-state index in [9.17, 15) is 26.7 Å². The second-order valence-electron chi connectivity index (χ2n) is 12.3. The van der Waals surface area contributed by atoms with Gasteiger partial charge in [0.25, 0.3) is 0 Å². The number of benzene rings is 2. The minimum absolute atomic E-state index is 0.0702. The molecular weight excluding hydrogens is 702 g/mol. The van der Waals surface area contributed by atoms with Crippen LogP contribution >= 0.6 is 11.6 Å². The second kappa shape index (κ2) is 13.7. The molecule has 0 radical (unpaired) electrons. The van der Waals surface area contributed by atoms with Gasteiger partial charge in [-0.05, 0) is 62.7 Å². The maximum atomic E-state index is 15.5. The highest BCUT2D eigenvalue weighted by atomic mass is 35.5. The Bertz CT molecular complexity index is 2170. The van der Waals surface area contributed by atoms with Crippen LogP contribution in [0.4, 0.5) is 26.3 Å². The van der Waals surface area contributed by atoms with Crippen LogP contribution in [0, 0.1) is 5.82 Å². The molecule has 0 bridgehead atoms. The second-order valence-corrected chi connectivity index (χ2v) is 12.8. The molecule has 264 valence electrons. The zero-order chi connectivity index (χ0) is 36.7. The summed E-state index contributed by atoms with van der Waals surface area (Å²) in [5.74, 6) is -1.39. The van der Waals surface area contributed by atoms with E-state index >= 15 is 4.39 Å². The minimum atomic E-state index is -4.78. The SMILES string of the molecule is CC(C)(C)OC(=O)c1ccc(-c2cnn(C(Cc3ccn(C(F)F)n3)c3ccc(-c4c(-n5cc(C(F)(F)F)nn5)ccc(Cl)c4F)cn3)c2)cc1. The Kier molecular flexibility index (Phi) is 9.46. The van der Waals surface area contributed by atoms with E-state index in [4.69, 9.17) is 16.3 Å². The third-order valence-corrected chi connectivity index (χ3v) is 7.85. The van der Waals surface area contributed by atoms with Gasteiger partial charge in [0, 0.05) is 41.7 Å². The summed E-state index contributed by atoms with van der Waals surface area (Å²) in [7, 11) is 0. The molecule has 4 heterocycles. The molecule has 0 fully saturated rings. The first-order valence-electron chi connectivity index (χ1n) is 15.2. The van der Waals surface area contributed by atoms with Crippen LogP contribution in [0.15, 0.2) is 85.6 Å². The summed E-state index contributed by atoms with van der Waals surface area (Å²) in [5, 5.41) is 14.9. The van der Waals surface area contributed by atoms with E-state index in [1.807, 2.05) is 0 Å². The van der Waals surface area contributed by atoms with Gasteiger partial charge in [-0.3, -0.25) is 9.67 Å². The third-order valence-electron chi connectivity index (χ3n) is 7.56. The zero-order valence-corrected chi connectivity index (χ0v) is 27.7. The third kappa shape index (κ3) is 7.80. The number of ether oxygens (including phenoxy) is 1. The lowest BCUT2D eigenvalue weighted by Gasteiger charge is -2.19. The molecule has 17 heteroatoms. The van der Waals surface area contributed by atoms with Crippen LogP contribution in [0.25, 0.3) is 27.9 Å². The largest absolute Gasteiger partial charge is 0.456 e. The lowest BCUT2D eigenvalue weighted by atomic mass is 10.0. The fourth-order valence-corrected chi connectivity index (χ4v) is 5.35. The molecule has 6 aromatic rings. The van der Waals surface area contributed by atoms with E-state index in [-0.39, 0.29) is 28.3 Å². The van der Waals surface area contributed by atoms with Gasteiger partial charge in [0.05, 0.1) is 46.1 Å². The number of pyridine rings is 1.